The maximum Gasteiger partial charge on any atom is 0.317 e. The van der Waals surface area contributed by atoms with E-state index in [0.717, 1.165) is 35.4 Å². The van der Waals surface area contributed by atoms with Crippen molar-refractivity contribution in [1.29, 1.82) is 0 Å². The highest BCUT2D eigenvalue weighted by Crippen LogP contribution is 2.22. The average Bonchev–Trinajstić information content (AvgIpc) is 2.79. The molecule has 1 aliphatic heterocycles. The van der Waals surface area contributed by atoms with E-state index in [4.69, 9.17) is 4.74 Å². The van der Waals surface area contributed by atoms with Gasteiger partial charge in [-0.3, -0.25) is 0 Å². The van der Waals surface area contributed by atoms with Gasteiger partial charge >= 0.3 is 6.03 Å². The molecule has 0 aromatic heterocycles. The lowest BCUT2D eigenvalue weighted by molar-refractivity contribution is 0.202. The Morgan fingerprint density at radius 3 is 3.05 bits per heavy atom. The molecule has 5 nitrogen and oxygen atoms in total. The standard InChI is InChI=1S/C13H18BrN3O2/c1-15-9-10-8-11(2-3-12(10)14)19-7-6-17-5-4-16-13(17)18/h2-3,8,15H,4-7,9H2,1H3,(H,16,18). The normalized spacial score (nSPS) is 14.6. The first kappa shape index (κ1) is 14.1. The number of amides is 2. The van der Waals surface area contributed by atoms with Crippen LogP contribution in [0.5, 0.6) is 5.75 Å². The third-order valence-electron chi connectivity index (χ3n) is 2.96. The van der Waals surface area contributed by atoms with E-state index in [1.54, 1.807) is 4.90 Å². The summed E-state index contributed by atoms with van der Waals surface area (Å²) >= 11 is 3.50. The second-order valence-corrected chi connectivity index (χ2v) is 5.21. The Balaban J connectivity index is 1.85. The molecule has 19 heavy (non-hydrogen) atoms. The van der Waals surface area contributed by atoms with Crippen molar-refractivity contribution >= 4 is 22.0 Å². The molecule has 1 aromatic rings. The predicted octanol–water partition coefficient (Wildman–Crippen LogP) is 1.57. The maximum absolute atomic E-state index is 11.3. The Morgan fingerprint density at radius 1 is 1.53 bits per heavy atom. The van der Waals surface area contributed by atoms with Crippen molar-refractivity contribution in [3.63, 3.8) is 0 Å². The molecule has 2 N–H and O–H groups in total. The number of nitrogens with one attached hydrogen (secondary N) is 2. The molecule has 0 bridgehead atoms. The smallest absolute Gasteiger partial charge is 0.317 e. The molecule has 1 aliphatic rings. The van der Waals surface area contributed by atoms with Crippen molar-refractivity contribution in [2.24, 2.45) is 0 Å². The fraction of sp³-hybridized carbons (Fsp3) is 0.462. The summed E-state index contributed by atoms with van der Waals surface area (Å²) < 4.78 is 6.75. The molecule has 0 unspecified atom stereocenters. The SMILES string of the molecule is CNCc1cc(OCCN2CCNC2=O)ccc1Br. The molecule has 2 amide bonds. The molecule has 104 valence electrons. The number of halogens is 1. The van der Waals surface area contributed by atoms with Crippen LogP contribution in [0.1, 0.15) is 5.56 Å². The molecule has 1 saturated heterocycles. The third kappa shape index (κ3) is 3.84. The summed E-state index contributed by atoms with van der Waals surface area (Å²) in [6.45, 7) is 3.39. The number of hydrogen-bond donors (Lipinski definition) is 2. The van der Waals surface area contributed by atoms with Gasteiger partial charge in [-0.2, -0.15) is 0 Å². The maximum atomic E-state index is 11.3. The topological polar surface area (TPSA) is 53.6 Å². The monoisotopic (exact) mass is 327 g/mol. The molecule has 1 fully saturated rings. The second kappa shape index (κ2) is 6.77. The Bertz CT molecular complexity index is 454. The van der Waals surface area contributed by atoms with E-state index in [0.29, 0.717) is 13.2 Å². The zero-order valence-corrected chi connectivity index (χ0v) is 12.5. The number of nitrogens with zero attached hydrogens (tertiary/aromatic N) is 1. The summed E-state index contributed by atoms with van der Waals surface area (Å²) in [6, 6.07) is 5.90. The van der Waals surface area contributed by atoms with Crippen molar-refractivity contribution in [3.8, 4) is 5.75 Å². The van der Waals surface area contributed by atoms with Crippen LogP contribution in [-0.2, 0) is 6.54 Å². The van der Waals surface area contributed by atoms with Gasteiger partial charge in [0, 0.05) is 24.1 Å². The van der Waals surface area contributed by atoms with Crippen LogP contribution in [0.15, 0.2) is 22.7 Å². The summed E-state index contributed by atoms with van der Waals surface area (Å²) in [6.07, 6.45) is 0. The van der Waals surface area contributed by atoms with E-state index in [2.05, 4.69) is 26.6 Å². The fourth-order valence-corrected chi connectivity index (χ4v) is 2.35. The predicted molar refractivity (Wildman–Crippen MR) is 77.4 cm³/mol. The van der Waals surface area contributed by atoms with Crippen LogP contribution in [-0.4, -0.2) is 44.2 Å². The van der Waals surface area contributed by atoms with Crippen LogP contribution in [0, 0.1) is 0 Å². The Labute approximate surface area is 121 Å². The lowest BCUT2D eigenvalue weighted by atomic mass is 10.2. The van der Waals surface area contributed by atoms with Gasteiger partial charge in [0.1, 0.15) is 12.4 Å². The van der Waals surface area contributed by atoms with Gasteiger partial charge in [-0.05, 0) is 30.8 Å². The van der Waals surface area contributed by atoms with Crippen LogP contribution < -0.4 is 15.4 Å². The quantitative estimate of drug-likeness (QED) is 0.834. The largest absolute Gasteiger partial charge is 0.492 e. The van der Waals surface area contributed by atoms with E-state index in [1.807, 2.05) is 25.2 Å². The number of carbonyl (C=O) groups excluding carboxylic acids is 1. The van der Waals surface area contributed by atoms with E-state index in [9.17, 15) is 4.79 Å². The van der Waals surface area contributed by atoms with Crippen LogP contribution in [0.4, 0.5) is 4.79 Å². The summed E-state index contributed by atoms with van der Waals surface area (Å²) in [5.41, 5.74) is 1.15. The number of carbonyl (C=O) groups is 1. The number of rotatable bonds is 6. The van der Waals surface area contributed by atoms with Gasteiger partial charge in [-0.1, -0.05) is 15.9 Å². The first-order chi connectivity index (χ1) is 9.20. The van der Waals surface area contributed by atoms with Gasteiger partial charge in [-0.25, -0.2) is 4.79 Å². The molecule has 0 spiro atoms. The van der Waals surface area contributed by atoms with Crippen LogP contribution in [0.3, 0.4) is 0 Å². The number of urea groups is 1. The van der Waals surface area contributed by atoms with Crippen molar-refractivity contribution in [3.05, 3.63) is 28.2 Å². The van der Waals surface area contributed by atoms with Gasteiger partial charge in [0.15, 0.2) is 0 Å². The lowest BCUT2D eigenvalue weighted by Gasteiger charge is -2.15. The van der Waals surface area contributed by atoms with Crippen molar-refractivity contribution in [1.82, 2.24) is 15.5 Å². The van der Waals surface area contributed by atoms with Gasteiger partial charge in [-0.15, -0.1) is 0 Å². The summed E-state index contributed by atoms with van der Waals surface area (Å²) in [4.78, 5) is 13.1. The number of benzene rings is 1. The minimum Gasteiger partial charge on any atom is -0.492 e. The van der Waals surface area contributed by atoms with Crippen LogP contribution in [0.25, 0.3) is 0 Å². The van der Waals surface area contributed by atoms with Gasteiger partial charge < -0.3 is 20.3 Å². The third-order valence-corrected chi connectivity index (χ3v) is 3.73. The van der Waals surface area contributed by atoms with Crippen LogP contribution >= 0.6 is 15.9 Å². The van der Waals surface area contributed by atoms with Crippen molar-refractivity contribution < 1.29 is 9.53 Å². The number of hydrogen-bond acceptors (Lipinski definition) is 3. The summed E-state index contributed by atoms with van der Waals surface area (Å²) in [5, 5.41) is 5.88. The molecule has 2 rings (SSSR count). The van der Waals surface area contributed by atoms with E-state index in [-0.39, 0.29) is 6.03 Å². The molecule has 0 atom stereocenters. The Morgan fingerprint density at radius 2 is 2.37 bits per heavy atom. The van der Waals surface area contributed by atoms with E-state index < -0.39 is 0 Å². The molecular weight excluding hydrogens is 310 g/mol. The van der Waals surface area contributed by atoms with Crippen molar-refractivity contribution in [2.75, 3.05) is 33.3 Å². The highest BCUT2D eigenvalue weighted by atomic mass is 79.9. The number of ether oxygens (including phenoxy) is 1. The fourth-order valence-electron chi connectivity index (χ4n) is 1.96. The molecule has 0 aliphatic carbocycles. The van der Waals surface area contributed by atoms with Gasteiger partial charge in [0.2, 0.25) is 0 Å². The molecular formula is C13H18BrN3O2. The molecule has 0 saturated carbocycles. The molecule has 1 aromatic carbocycles. The van der Waals surface area contributed by atoms with Gasteiger partial charge in [0.25, 0.3) is 0 Å². The summed E-state index contributed by atoms with van der Waals surface area (Å²) in [5.74, 6) is 0.827. The first-order valence-corrected chi connectivity index (χ1v) is 7.08. The minimum atomic E-state index is -0.00437. The second-order valence-electron chi connectivity index (χ2n) is 4.35. The zero-order valence-electron chi connectivity index (χ0n) is 10.9. The van der Waals surface area contributed by atoms with Gasteiger partial charge in [0.05, 0.1) is 6.54 Å². The Hall–Kier alpha value is -1.27. The Kier molecular flexibility index (Phi) is 5.04. The first-order valence-electron chi connectivity index (χ1n) is 6.29. The summed E-state index contributed by atoms with van der Waals surface area (Å²) in [7, 11) is 1.91. The average molecular weight is 328 g/mol. The van der Waals surface area contributed by atoms with Crippen LogP contribution in [0.2, 0.25) is 0 Å². The molecule has 6 heteroatoms. The van der Waals surface area contributed by atoms with E-state index in [1.165, 1.54) is 0 Å². The highest BCUT2D eigenvalue weighted by molar-refractivity contribution is 9.10. The highest BCUT2D eigenvalue weighted by Gasteiger charge is 2.18. The minimum absolute atomic E-state index is 0.00437. The zero-order chi connectivity index (χ0) is 13.7. The van der Waals surface area contributed by atoms with E-state index >= 15 is 0 Å². The van der Waals surface area contributed by atoms with Crippen molar-refractivity contribution in [2.45, 2.75) is 6.54 Å². The molecule has 0 radical (unpaired) electrons. The lowest BCUT2D eigenvalue weighted by Crippen LogP contribution is -2.31. The molecule has 1 heterocycles.